The number of hydrogen-bond acceptors (Lipinski definition) is 3. The van der Waals surface area contributed by atoms with Crippen LogP contribution < -0.4 is 0 Å². The van der Waals surface area contributed by atoms with Crippen molar-refractivity contribution in [2.24, 2.45) is 0 Å². The lowest BCUT2D eigenvalue weighted by Gasteiger charge is -2.12. The number of alkyl halides is 3. The van der Waals surface area contributed by atoms with Crippen molar-refractivity contribution in [2.75, 3.05) is 0 Å². The lowest BCUT2D eigenvalue weighted by molar-refractivity contribution is -0.137. The Kier molecular flexibility index (Phi) is 3.27. The lowest BCUT2D eigenvalue weighted by Crippen LogP contribution is -2.11. The van der Waals surface area contributed by atoms with Crippen molar-refractivity contribution in [3.63, 3.8) is 0 Å². The molecule has 0 bridgehead atoms. The highest BCUT2D eigenvalue weighted by Crippen LogP contribution is 2.35. The molecule has 1 N–H and O–H groups in total. The van der Waals surface area contributed by atoms with Gasteiger partial charge in [-0.05, 0) is 18.2 Å². The van der Waals surface area contributed by atoms with Crippen LogP contribution in [0, 0.1) is 0 Å². The molecule has 4 nitrogen and oxygen atoms in total. The number of aliphatic hydroxyl groups is 1. The molecule has 0 aliphatic carbocycles. The Morgan fingerprint density at radius 3 is 2.61 bits per heavy atom. The van der Waals surface area contributed by atoms with Gasteiger partial charge in [0.1, 0.15) is 5.69 Å². The summed E-state index contributed by atoms with van der Waals surface area (Å²) < 4.78 is 39.4. The van der Waals surface area contributed by atoms with Crippen molar-refractivity contribution in [3.8, 4) is 5.69 Å². The minimum absolute atomic E-state index is 0.0198. The molecule has 8 heteroatoms. The molecule has 0 fully saturated rings. The van der Waals surface area contributed by atoms with E-state index in [4.69, 9.17) is 16.7 Å². The summed E-state index contributed by atoms with van der Waals surface area (Å²) in [6, 6.07) is 3.34. The minimum atomic E-state index is -4.55. The fraction of sp³-hybridized carbons (Fsp3) is 0.200. The average molecular weight is 278 g/mol. The van der Waals surface area contributed by atoms with Gasteiger partial charge >= 0.3 is 6.18 Å². The Morgan fingerprint density at radius 2 is 2.06 bits per heavy atom. The maximum absolute atomic E-state index is 12.8. The van der Waals surface area contributed by atoms with Gasteiger partial charge in [0.2, 0.25) is 0 Å². The van der Waals surface area contributed by atoms with Crippen LogP contribution in [0.4, 0.5) is 13.2 Å². The van der Waals surface area contributed by atoms with Crippen molar-refractivity contribution in [1.29, 1.82) is 0 Å². The van der Waals surface area contributed by atoms with Crippen molar-refractivity contribution < 1.29 is 18.3 Å². The van der Waals surface area contributed by atoms with E-state index in [1.807, 2.05) is 0 Å². The molecule has 1 aromatic heterocycles. The highest BCUT2D eigenvalue weighted by atomic mass is 35.5. The van der Waals surface area contributed by atoms with E-state index in [0.717, 1.165) is 10.7 Å². The Hall–Kier alpha value is -1.60. The lowest BCUT2D eigenvalue weighted by atomic mass is 10.1. The summed E-state index contributed by atoms with van der Waals surface area (Å²) >= 11 is 5.56. The number of rotatable bonds is 2. The molecule has 0 saturated heterocycles. The highest BCUT2D eigenvalue weighted by Gasteiger charge is 2.34. The Balaban J connectivity index is 2.56. The fourth-order valence-electron chi connectivity index (χ4n) is 1.42. The predicted octanol–water partition coefficient (Wildman–Crippen LogP) is 2.43. The quantitative estimate of drug-likeness (QED) is 0.917. The number of aliphatic hydroxyl groups excluding tert-OH is 1. The van der Waals surface area contributed by atoms with E-state index in [-0.39, 0.29) is 16.4 Å². The molecular formula is C10H7ClF3N3O. The van der Waals surface area contributed by atoms with Crippen LogP contribution in [0.5, 0.6) is 0 Å². The van der Waals surface area contributed by atoms with E-state index in [2.05, 4.69) is 10.3 Å². The standard InChI is InChI=1S/C10H7ClF3N3O/c11-6-1-2-9(8(3-6)10(12,13)14)17-4-7(5-18)15-16-17/h1-4,18H,5H2. The topological polar surface area (TPSA) is 50.9 Å². The second-order valence-corrected chi connectivity index (χ2v) is 3.91. The van der Waals surface area contributed by atoms with Gasteiger partial charge in [-0.1, -0.05) is 16.8 Å². The van der Waals surface area contributed by atoms with E-state index in [0.29, 0.717) is 0 Å². The molecule has 18 heavy (non-hydrogen) atoms. The summed E-state index contributed by atoms with van der Waals surface area (Å²) in [5.41, 5.74) is -0.929. The van der Waals surface area contributed by atoms with E-state index in [1.165, 1.54) is 18.3 Å². The largest absolute Gasteiger partial charge is 0.418 e. The molecule has 2 aromatic rings. The maximum atomic E-state index is 12.8. The Labute approximate surface area is 105 Å². The third-order valence-electron chi connectivity index (χ3n) is 2.21. The normalized spacial score (nSPS) is 11.8. The second-order valence-electron chi connectivity index (χ2n) is 3.47. The van der Waals surface area contributed by atoms with Crippen LogP contribution in [0.3, 0.4) is 0 Å². The first-order valence-electron chi connectivity index (χ1n) is 4.81. The van der Waals surface area contributed by atoms with E-state index in [1.54, 1.807) is 0 Å². The number of aromatic nitrogens is 3. The average Bonchev–Trinajstić information content (AvgIpc) is 2.76. The zero-order chi connectivity index (χ0) is 13.3. The summed E-state index contributed by atoms with van der Waals surface area (Å²) in [6.07, 6.45) is -3.33. The first-order valence-corrected chi connectivity index (χ1v) is 5.19. The molecule has 2 rings (SSSR count). The van der Waals surface area contributed by atoms with E-state index in [9.17, 15) is 13.2 Å². The molecule has 0 unspecified atom stereocenters. The van der Waals surface area contributed by atoms with Gasteiger partial charge in [-0.25, -0.2) is 4.68 Å². The van der Waals surface area contributed by atoms with Crippen LogP contribution in [-0.2, 0) is 12.8 Å². The zero-order valence-electron chi connectivity index (χ0n) is 8.82. The van der Waals surface area contributed by atoms with Crippen LogP contribution >= 0.6 is 11.6 Å². The van der Waals surface area contributed by atoms with Crippen molar-refractivity contribution in [3.05, 3.63) is 40.7 Å². The van der Waals surface area contributed by atoms with Crippen molar-refractivity contribution in [1.82, 2.24) is 15.0 Å². The highest BCUT2D eigenvalue weighted by molar-refractivity contribution is 6.30. The third-order valence-corrected chi connectivity index (χ3v) is 2.45. The van der Waals surface area contributed by atoms with Gasteiger partial charge in [-0.2, -0.15) is 13.2 Å². The Bertz CT molecular complexity index is 568. The summed E-state index contributed by atoms with van der Waals surface area (Å²) in [5, 5.41) is 15.8. The van der Waals surface area contributed by atoms with Crippen LogP contribution in [0.15, 0.2) is 24.4 Å². The predicted molar refractivity (Wildman–Crippen MR) is 57.3 cm³/mol. The molecular weight excluding hydrogens is 271 g/mol. The second kappa shape index (κ2) is 4.58. The molecule has 0 radical (unpaired) electrons. The molecule has 96 valence electrons. The minimum Gasteiger partial charge on any atom is -0.390 e. The molecule has 0 aliphatic heterocycles. The zero-order valence-corrected chi connectivity index (χ0v) is 9.57. The van der Waals surface area contributed by atoms with Crippen molar-refractivity contribution in [2.45, 2.75) is 12.8 Å². The van der Waals surface area contributed by atoms with Gasteiger partial charge in [0.05, 0.1) is 24.1 Å². The number of hydrogen-bond donors (Lipinski definition) is 1. The van der Waals surface area contributed by atoms with Gasteiger partial charge in [-0.3, -0.25) is 0 Å². The van der Waals surface area contributed by atoms with Crippen LogP contribution in [0.25, 0.3) is 5.69 Å². The summed E-state index contributed by atoms with van der Waals surface area (Å²) in [4.78, 5) is 0. The monoisotopic (exact) mass is 277 g/mol. The molecule has 0 atom stereocenters. The Morgan fingerprint density at radius 1 is 1.33 bits per heavy atom. The number of benzene rings is 1. The van der Waals surface area contributed by atoms with Gasteiger partial charge in [0.15, 0.2) is 0 Å². The molecule has 1 aromatic carbocycles. The van der Waals surface area contributed by atoms with Crippen molar-refractivity contribution >= 4 is 11.6 Å². The number of nitrogens with zero attached hydrogens (tertiary/aromatic N) is 3. The van der Waals surface area contributed by atoms with Crippen LogP contribution in [0.2, 0.25) is 5.02 Å². The van der Waals surface area contributed by atoms with Crippen LogP contribution in [0.1, 0.15) is 11.3 Å². The molecule has 0 spiro atoms. The van der Waals surface area contributed by atoms with Gasteiger partial charge in [-0.15, -0.1) is 5.10 Å². The summed E-state index contributed by atoms with van der Waals surface area (Å²) in [5.74, 6) is 0. The first kappa shape index (κ1) is 12.8. The van der Waals surface area contributed by atoms with Gasteiger partial charge in [0, 0.05) is 5.02 Å². The first-order chi connectivity index (χ1) is 8.41. The van der Waals surface area contributed by atoms with Crippen LogP contribution in [-0.4, -0.2) is 20.1 Å². The number of halogens is 4. The molecule has 0 amide bonds. The smallest absolute Gasteiger partial charge is 0.390 e. The van der Waals surface area contributed by atoms with Gasteiger partial charge in [0.25, 0.3) is 0 Å². The SMILES string of the molecule is OCc1cn(-c2ccc(Cl)cc2C(F)(F)F)nn1. The summed E-state index contributed by atoms with van der Waals surface area (Å²) in [7, 11) is 0. The molecule has 0 aliphatic rings. The van der Waals surface area contributed by atoms with Gasteiger partial charge < -0.3 is 5.11 Å². The fourth-order valence-corrected chi connectivity index (χ4v) is 1.60. The third kappa shape index (κ3) is 2.46. The molecule has 0 saturated carbocycles. The summed E-state index contributed by atoms with van der Waals surface area (Å²) in [6.45, 7) is -0.394. The van der Waals surface area contributed by atoms with E-state index < -0.39 is 18.3 Å². The maximum Gasteiger partial charge on any atom is 0.418 e. The molecule has 1 heterocycles. The van der Waals surface area contributed by atoms with E-state index >= 15 is 0 Å².